The van der Waals surface area contributed by atoms with Gasteiger partial charge in [0, 0.05) is 6.20 Å². The summed E-state index contributed by atoms with van der Waals surface area (Å²) >= 11 is 15.2. The SMILES string of the molecule is N#Cc1ccc(Cl)c(Nc2ncc(Cl)cc2Br)c1. The van der Waals surface area contributed by atoms with Gasteiger partial charge in [0.2, 0.25) is 0 Å². The van der Waals surface area contributed by atoms with Crippen LogP contribution >= 0.6 is 39.1 Å². The molecule has 0 saturated heterocycles. The first-order valence-electron chi connectivity index (χ1n) is 4.88. The van der Waals surface area contributed by atoms with E-state index in [0.717, 1.165) is 0 Å². The van der Waals surface area contributed by atoms with E-state index < -0.39 is 0 Å². The summed E-state index contributed by atoms with van der Waals surface area (Å²) in [6.45, 7) is 0. The number of hydrogen-bond donors (Lipinski definition) is 1. The predicted octanol–water partition coefficient (Wildman–Crippen LogP) is 4.77. The van der Waals surface area contributed by atoms with E-state index in [1.165, 1.54) is 6.20 Å². The van der Waals surface area contributed by atoms with Crippen molar-refractivity contribution >= 4 is 50.6 Å². The van der Waals surface area contributed by atoms with Crippen LogP contribution in [0.1, 0.15) is 5.56 Å². The summed E-state index contributed by atoms with van der Waals surface area (Å²) in [6.07, 6.45) is 1.52. The summed E-state index contributed by atoms with van der Waals surface area (Å²) in [5.74, 6) is 0.580. The van der Waals surface area contributed by atoms with Crippen LogP contribution in [0.5, 0.6) is 0 Å². The summed E-state index contributed by atoms with van der Waals surface area (Å²) in [4.78, 5) is 4.14. The average molecular weight is 343 g/mol. The maximum absolute atomic E-state index is 8.85. The number of hydrogen-bond acceptors (Lipinski definition) is 3. The first-order valence-corrected chi connectivity index (χ1v) is 6.43. The van der Waals surface area contributed by atoms with Crippen molar-refractivity contribution in [1.82, 2.24) is 4.98 Å². The highest BCUT2D eigenvalue weighted by atomic mass is 79.9. The van der Waals surface area contributed by atoms with Gasteiger partial charge in [-0.25, -0.2) is 4.98 Å². The minimum Gasteiger partial charge on any atom is -0.338 e. The molecule has 0 unspecified atom stereocenters. The molecule has 2 aromatic rings. The highest BCUT2D eigenvalue weighted by molar-refractivity contribution is 9.10. The lowest BCUT2D eigenvalue weighted by Gasteiger charge is -2.09. The van der Waals surface area contributed by atoms with E-state index in [1.54, 1.807) is 24.3 Å². The number of nitrogens with one attached hydrogen (secondary N) is 1. The Hall–Kier alpha value is -1.28. The molecule has 0 amide bonds. The molecule has 0 fully saturated rings. The second kappa shape index (κ2) is 5.57. The highest BCUT2D eigenvalue weighted by Gasteiger charge is 2.06. The van der Waals surface area contributed by atoms with Crippen molar-refractivity contribution in [3.63, 3.8) is 0 Å². The van der Waals surface area contributed by atoms with Crippen LogP contribution in [0.4, 0.5) is 11.5 Å². The molecule has 0 aliphatic carbocycles. The lowest BCUT2D eigenvalue weighted by atomic mass is 10.2. The fourth-order valence-corrected chi connectivity index (χ4v) is 2.23. The molecule has 1 aromatic carbocycles. The van der Waals surface area contributed by atoms with E-state index in [9.17, 15) is 0 Å². The van der Waals surface area contributed by atoms with E-state index in [4.69, 9.17) is 28.5 Å². The van der Waals surface area contributed by atoms with Crippen molar-refractivity contribution in [3.8, 4) is 6.07 Å². The molecule has 0 atom stereocenters. The van der Waals surface area contributed by atoms with Gasteiger partial charge in [-0.15, -0.1) is 0 Å². The van der Waals surface area contributed by atoms with Crippen LogP contribution in [0.15, 0.2) is 34.9 Å². The molecule has 0 saturated carbocycles. The average Bonchev–Trinajstić information content (AvgIpc) is 2.35. The maximum Gasteiger partial charge on any atom is 0.144 e. The van der Waals surface area contributed by atoms with Crippen LogP contribution in [-0.2, 0) is 0 Å². The topological polar surface area (TPSA) is 48.7 Å². The third kappa shape index (κ3) is 2.94. The van der Waals surface area contributed by atoms with Gasteiger partial charge in [0.1, 0.15) is 5.82 Å². The van der Waals surface area contributed by atoms with Gasteiger partial charge in [-0.3, -0.25) is 0 Å². The Bertz CT molecular complexity index is 638. The molecular formula is C12H6BrCl2N3. The summed E-state index contributed by atoms with van der Waals surface area (Å²) in [7, 11) is 0. The molecule has 90 valence electrons. The number of nitriles is 1. The van der Waals surface area contributed by atoms with Crippen LogP contribution < -0.4 is 5.32 Å². The zero-order chi connectivity index (χ0) is 13.1. The van der Waals surface area contributed by atoms with Crippen LogP contribution in [0.2, 0.25) is 10.0 Å². The van der Waals surface area contributed by atoms with Crippen LogP contribution in [0, 0.1) is 11.3 Å². The number of anilines is 2. The van der Waals surface area contributed by atoms with E-state index in [2.05, 4.69) is 32.3 Å². The second-order valence-electron chi connectivity index (χ2n) is 3.42. The lowest BCUT2D eigenvalue weighted by Crippen LogP contribution is -1.95. The zero-order valence-corrected chi connectivity index (χ0v) is 12.0. The van der Waals surface area contributed by atoms with E-state index in [0.29, 0.717) is 31.6 Å². The molecule has 2 rings (SSSR count). The minimum absolute atomic E-state index is 0.512. The Kier molecular flexibility index (Phi) is 4.07. The van der Waals surface area contributed by atoms with Gasteiger partial charge in [0.15, 0.2) is 0 Å². The number of pyridine rings is 1. The summed E-state index contributed by atoms with van der Waals surface area (Å²) < 4.78 is 0.716. The fourth-order valence-electron chi connectivity index (χ4n) is 1.32. The van der Waals surface area contributed by atoms with Gasteiger partial charge in [-0.2, -0.15) is 5.26 Å². The second-order valence-corrected chi connectivity index (χ2v) is 5.11. The lowest BCUT2D eigenvalue weighted by molar-refractivity contribution is 1.29. The number of benzene rings is 1. The number of rotatable bonds is 2. The molecule has 0 bridgehead atoms. The zero-order valence-electron chi connectivity index (χ0n) is 8.92. The molecule has 1 aromatic heterocycles. The van der Waals surface area contributed by atoms with Gasteiger partial charge in [0.05, 0.1) is 31.8 Å². The van der Waals surface area contributed by atoms with Crippen molar-refractivity contribution in [2.24, 2.45) is 0 Å². The molecule has 0 spiro atoms. The normalized spacial score (nSPS) is 9.89. The molecule has 3 nitrogen and oxygen atoms in total. The Labute approximate surface area is 122 Å². The third-order valence-electron chi connectivity index (χ3n) is 2.16. The molecular weight excluding hydrogens is 337 g/mol. The summed E-state index contributed by atoms with van der Waals surface area (Å²) in [5, 5.41) is 12.9. The molecule has 0 radical (unpaired) electrons. The van der Waals surface area contributed by atoms with Crippen molar-refractivity contribution < 1.29 is 0 Å². The Morgan fingerprint density at radius 2 is 2.06 bits per heavy atom. The van der Waals surface area contributed by atoms with Gasteiger partial charge >= 0.3 is 0 Å². The van der Waals surface area contributed by atoms with Crippen LogP contribution in [0.25, 0.3) is 0 Å². The van der Waals surface area contributed by atoms with Gasteiger partial charge in [-0.1, -0.05) is 23.2 Å². The molecule has 6 heteroatoms. The number of aromatic nitrogens is 1. The Morgan fingerprint density at radius 1 is 1.28 bits per heavy atom. The minimum atomic E-state index is 0.512. The molecule has 0 aliphatic rings. The van der Waals surface area contributed by atoms with Gasteiger partial charge in [0.25, 0.3) is 0 Å². The molecule has 1 N–H and O–H groups in total. The van der Waals surface area contributed by atoms with Gasteiger partial charge in [-0.05, 0) is 40.2 Å². The van der Waals surface area contributed by atoms with Crippen molar-refractivity contribution in [2.75, 3.05) is 5.32 Å². The molecule has 0 aliphatic heterocycles. The fraction of sp³-hybridized carbons (Fsp3) is 0. The van der Waals surface area contributed by atoms with E-state index in [1.807, 2.05) is 0 Å². The Balaban J connectivity index is 2.37. The monoisotopic (exact) mass is 341 g/mol. The van der Waals surface area contributed by atoms with Crippen LogP contribution in [-0.4, -0.2) is 4.98 Å². The standard InChI is InChI=1S/C12H6BrCl2N3/c13-9-4-8(14)6-17-12(9)18-11-3-7(5-16)1-2-10(11)15/h1-4,6H,(H,17,18). The number of nitrogens with zero attached hydrogens (tertiary/aromatic N) is 2. The highest BCUT2D eigenvalue weighted by Crippen LogP contribution is 2.30. The number of halogens is 3. The Morgan fingerprint density at radius 3 is 2.72 bits per heavy atom. The quantitative estimate of drug-likeness (QED) is 0.855. The third-order valence-corrected chi connectivity index (χ3v) is 3.30. The molecule has 18 heavy (non-hydrogen) atoms. The predicted molar refractivity (Wildman–Crippen MR) is 76.4 cm³/mol. The van der Waals surface area contributed by atoms with E-state index in [-0.39, 0.29) is 0 Å². The first kappa shape index (κ1) is 13.2. The molecule has 1 heterocycles. The van der Waals surface area contributed by atoms with Crippen molar-refractivity contribution in [2.45, 2.75) is 0 Å². The largest absolute Gasteiger partial charge is 0.338 e. The smallest absolute Gasteiger partial charge is 0.144 e. The van der Waals surface area contributed by atoms with Crippen molar-refractivity contribution in [3.05, 3.63) is 50.5 Å². The first-order chi connectivity index (χ1) is 8.60. The van der Waals surface area contributed by atoms with E-state index >= 15 is 0 Å². The summed E-state index contributed by atoms with van der Waals surface area (Å²) in [5.41, 5.74) is 1.14. The van der Waals surface area contributed by atoms with Crippen LogP contribution in [0.3, 0.4) is 0 Å². The maximum atomic E-state index is 8.85. The summed E-state index contributed by atoms with van der Waals surface area (Å²) in [6, 6.07) is 8.74. The van der Waals surface area contributed by atoms with Crippen molar-refractivity contribution in [1.29, 1.82) is 5.26 Å². The van der Waals surface area contributed by atoms with Gasteiger partial charge < -0.3 is 5.32 Å².